The third-order valence-corrected chi connectivity index (χ3v) is 1.48. The second-order valence-electron chi connectivity index (χ2n) is 3.26. The van der Waals surface area contributed by atoms with E-state index in [0.717, 1.165) is 0 Å². The number of rotatable bonds is 3. The Balaban J connectivity index is 0.000000351. The van der Waals surface area contributed by atoms with Crippen molar-refractivity contribution in [2.75, 3.05) is 13.2 Å². The topological polar surface area (TPSA) is 129 Å². The van der Waals surface area contributed by atoms with Crippen LogP contribution in [0.3, 0.4) is 0 Å². The SMILES string of the molecule is CC(COC(=O)O)OC(=O)O.CC1COC(=O)O1. The van der Waals surface area contributed by atoms with Gasteiger partial charge in [-0.05, 0) is 13.8 Å². The van der Waals surface area contributed by atoms with Crippen LogP contribution >= 0.6 is 0 Å². The highest BCUT2D eigenvalue weighted by Gasteiger charge is 2.19. The van der Waals surface area contributed by atoms with Gasteiger partial charge in [0.15, 0.2) is 0 Å². The monoisotopic (exact) mass is 266 g/mol. The highest BCUT2D eigenvalue weighted by Crippen LogP contribution is 2.02. The van der Waals surface area contributed by atoms with Crippen LogP contribution in [-0.2, 0) is 18.9 Å². The summed E-state index contributed by atoms with van der Waals surface area (Å²) in [7, 11) is 0. The quantitative estimate of drug-likeness (QED) is 0.573. The van der Waals surface area contributed by atoms with Gasteiger partial charge in [-0.15, -0.1) is 0 Å². The second kappa shape index (κ2) is 7.98. The Morgan fingerprint density at radius 3 is 2.33 bits per heavy atom. The summed E-state index contributed by atoms with van der Waals surface area (Å²) in [5, 5.41) is 16.0. The number of cyclic esters (lactones) is 2. The highest BCUT2D eigenvalue weighted by molar-refractivity contribution is 5.61. The number of hydrogen-bond donors (Lipinski definition) is 2. The van der Waals surface area contributed by atoms with Gasteiger partial charge in [-0.3, -0.25) is 0 Å². The summed E-state index contributed by atoms with van der Waals surface area (Å²) in [6, 6.07) is 0. The van der Waals surface area contributed by atoms with Crippen molar-refractivity contribution in [1.29, 1.82) is 0 Å². The molecule has 0 bridgehead atoms. The van der Waals surface area contributed by atoms with E-state index in [1.54, 1.807) is 6.92 Å². The van der Waals surface area contributed by atoms with Gasteiger partial charge in [0.05, 0.1) is 0 Å². The molecule has 9 nitrogen and oxygen atoms in total. The third-order valence-electron chi connectivity index (χ3n) is 1.48. The number of carbonyl (C=O) groups excluding carboxylic acids is 1. The lowest BCUT2D eigenvalue weighted by Crippen LogP contribution is -2.20. The normalized spacial score (nSPS) is 18.6. The first-order valence-electron chi connectivity index (χ1n) is 4.90. The van der Waals surface area contributed by atoms with Crippen LogP contribution in [-0.4, -0.2) is 54.1 Å². The zero-order chi connectivity index (χ0) is 14.1. The lowest BCUT2D eigenvalue weighted by molar-refractivity contribution is 0.0122. The van der Waals surface area contributed by atoms with Crippen molar-refractivity contribution in [1.82, 2.24) is 0 Å². The van der Waals surface area contributed by atoms with E-state index >= 15 is 0 Å². The van der Waals surface area contributed by atoms with Crippen molar-refractivity contribution in [2.45, 2.75) is 26.1 Å². The Bertz CT molecular complexity index is 300. The molecule has 1 heterocycles. The fourth-order valence-electron chi connectivity index (χ4n) is 0.812. The largest absolute Gasteiger partial charge is 0.508 e. The Kier molecular flexibility index (Phi) is 7.01. The van der Waals surface area contributed by atoms with Crippen molar-refractivity contribution in [3.8, 4) is 0 Å². The number of carboxylic acid groups (broad SMARTS) is 2. The summed E-state index contributed by atoms with van der Waals surface area (Å²) in [5.41, 5.74) is 0. The summed E-state index contributed by atoms with van der Waals surface area (Å²) in [6.07, 6.45) is -4.28. The number of carbonyl (C=O) groups is 3. The zero-order valence-electron chi connectivity index (χ0n) is 9.82. The van der Waals surface area contributed by atoms with E-state index in [1.807, 2.05) is 0 Å². The van der Waals surface area contributed by atoms with Gasteiger partial charge < -0.3 is 29.2 Å². The summed E-state index contributed by atoms with van der Waals surface area (Å²) < 4.78 is 17.1. The molecule has 0 saturated carbocycles. The lowest BCUT2D eigenvalue weighted by atomic mass is 10.4. The van der Waals surface area contributed by atoms with Gasteiger partial charge >= 0.3 is 18.5 Å². The summed E-state index contributed by atoms with van der Waals surface area (Å²) >= 11 is 0. The lowest BCUT2D eigenvalue weighted by Gasteiger charge is -2.08. The molecular formula is C9H14O9. The molecule has 0 radical (unpaired) electrons. The van der Waals surface area contributed by atoms with Crippen LogP contribution in [0.1, 0.15) is 13.8 Å². The summed E-state index contributed by atoms with van der Waals surface area (Å²) in [5.74, 6) is 0. The van der Waals surface area contributed by atoms with Crippen LogP contribution in [0.15, 0.2) is 0 Å². The average molecular weight is 266 g/mol. The van der Waals surface area contributed by atoms with E-state index in [2.05, 4.69) is 18.9 Å². The second-order valence-corrected chi connectivity index (χ2v) is 3.26. The maximum Gasteiger partial charge on any atom is 0.508 e. The van der Waals surface area contributed by atoms with E-state index in [9.17, 15) is 14.4 Å². The molecule has 1 aliphatic heterocycles. The summed E-state index contributed by atoms with van der Waals surface area (Å²) in [4.78, 5) is 29.6. The Hall–Kier alpha value is -2.19. The molecule has 1 saturated heterocycles. The molecule has 0 aromatic heterocycles. The predicted molar refractivity (Wildman–Crippen MR) is 54.4 cm³/mol. The molecule has 0 spiro atoms. The standard InChI is InChI=1S/C5H8O6.C4H6O3/c1-3(11-5(8)9)2-10-4(6)7;1-3-2-6-4(5)7-3/h3H,2H2,1H3,(H,6,7)(H,8,9);3H,2H2,1H3. The molecule has 2 unspecified atom stereocenters. The van der Waals surface area contributed by atoms with E-state index in [4.69, 9.17) is 10.2 Å². The molecule has 9 heteroatoms. The van der Waals surface area contributed by atoms with Gasteiger partial charge in [-0.25, -0.2) is 14.4 Å². The minimum atomic E-state index is -1.45. The Morgan fingerprint density at radius 2 is 2.06 bits per heavy atom. The number of hydrogen-bond acceptors (Lipinski definition) is 7. The van der Waals surface area contributed by atoms with Gasteiger partial charge in [-0.2, -0.15) is 0 Å². The van der Waals surface area contributed by atoms with Crippen molar-refractivity contribution >= 4 is 18.5 Å². The molecule has 0 aromatic carbocycles. The Morgan fingerprint density at radius 1 is 1.44 bits per heavy atom. The predicted octanol–water partition coefficient (Wildman–Crippen LogP) is 1.31. The van der Waals surface area contributed by atoms with Crippen LogP contribution in [0.5, 0.6) is 0 Å². The van der Waals surface area contributed by atoms with Crippen LogP contribution in [0.2, 0.25) is 0 Å². The minimum Gasteiger partial charge on any atom is -0.450 e. The summed E-state index contributed by atoms with van der Waals surface area (Å²) in [6.45, 7) is 3.28. The van der Waals surface area contributed by atoms with Gasteiger partial charge in [-0.1, -0.05) is 0 Å². The first-order chi connectivity index (χ1) is 8.31. The van der Waals surface area contributed by atoms with Crippen molar-refractivity contribution < 1.29 is 43.5 Å². The molecule has 0 aliphatic carbocycles. The van der Waals surface area contributed by atoms with Crippen LogP contribution in [0.4, 0.5) is 14.4 Å². The van der Waals surface area contributed by atoms with Crippen LogP contribution in [0, 0.1) is 0 Å². The fraction of sp³-hybridized carbons (Fsp3) is 0.667. The molecule has 1 fully saturated rings. The van der Waals surface area contributed by atoms with Gasteiger partial charge in [0.2, 0.25) is 0 Å². The maximum atomic E-state index is 10.0. The van der Waals surface area contributed by atoms with Crippen molar-refractivity contribution in [2.24, 2.45) is 0 Å². The van der Waals surface area contributed by atoms with E-state index < -0.39 is 24.6 Å². The molecular weight excluding hydrogens is 252 g/mol. The van der Waals surface area contributed by atoms with Crippen LogP contribution < -0.4 is 0 Å². The van der Waals surface area contributed by atoms with Crippen LogP contribution in [0.25, 0.3) is 0 Å². The number of ether oxygens (including phenoxy) is 4. The average Bonchev–Trinajstić information content (AvgIpc) is 2.59. The zero-order valence-corrected chi connectivity index (χ0v) is 9.82. The van der Waals surface area contributed by atoms with Crippen molar-refractivity contribution in [3.63, 3.8) is 0 Å². The maximum absolute atomic E-state index is 10.0. The minimum absolute atomic E-state index is 0.0486. The molecule has 0 aromatic rings. The van der Waals surface area contributed by atoms with E-state index in [0.29, 0.717) is 6.61 Å². The first kappa shape index (κ1) is 15.8. The van der Waals surface area contributed by atoms with Gasteiger partial charge in [0.25, 0.3) is 0 Å². The molecule has 1 aliphatic rings. The molecule has 18 heavy (non-hydrogen) atoms. The molecule has 2 atom stereocenters. The Labute approximate surface area is 102 Å². The fourth-order valence-corrected chi connectivity index (χ4v) is 0.812. The highest BCUT2D eigenvalue weighted by atomic mass is 16.8. The molecule has 0 amide bonds. The molecule has 2 N–H and O–H groups in total. The molecule has 104 valence electrons. The first-order valence-corrected chi connectivity index (χ1v) is 4.90. The van der Waals surface area contributed by atoms with Gasteiger partial charge in [0.1, 0.15) is 25.4 Å². The smallest absolute Gasteiger partial charge is 0.450 e. The van der Waals surface area contributed by atoms with Crippen molar-refractivity contribution in [3.05, 3.63) is 0 Å². The van der Waals surface area contributed by atoms with E-state index in [1.165, 1.54) is 6.92 Å². The third kappa shape index (κ3) is 9.07. The molecule has 1 rings (SSSR count). The van der Waals surface area contributed by atoms with Gasteiger partial charge in [0, 0.05) is 0 Å². The van der Waals surface area contributed by atoms with E-state index in [-0.39, 0.29) is 12.7 Å².